The minimum atomic E-state index is -5.32. The Bertz CT molecular complexity index is 3550. The molecule has 506 valence electrons. The number of fused-ring (bicyclic) bond motifs is 7. The number of rotatable bonds is 26. The van der Waals surface area contributed by atoms with E-state index in [0.717, 1.165) is 11.1 Å². The Morgan fingerprint density at radius 1 is 0.793 bits per heavy atom. The Morgan fingerprint density at radius 2 is 1.38 bits per heavy atom. The summed E-state index contributed by atoms with van der Waals surface area (Å²) in [5.74, 6) is -7.40. The third-order valence-electron chi connectivity index (χ3n) is 20.5. The number of allylic oxidation sites excluding steroid dienone is 6. The van der Waals surface area contributed by atoms with Crippen LogP contribution in [0.2, 0.25) is 0 Å². The van der Waals surface area contributed by atoms with Crippen LogP contribution in [-0.2, 0) is 74.2 Å². The van der Waals surface area contributed by atoms with Gasteiger partial charge in [-0.2, -0.15) is 5.70 Å². The number of aryl methyl sites for hydroxylation is 2. The molecule has 1 unspecified atom stereocenters. The topological polar surface area (TPSA) is 498 Å². The number of primary amides is 6. The number of aromatic nitrogens is 2. The van der Waals surface area contributed by atoms with E-state index < -0.39 is 143 Å². The zero-order valence-corrected chi connectivity index (χ0v) is 56.0. The molecule has 8 rings (SSSR count). The van der Waals surface area contributed by atoms with Gasteiger partial charge in [-0.15, -0.1) is 0 Å². The molecule has 1 aromatic carbocycles. The number of nitrogens with zero attached hydrogens (tertiary/aromatic N) is 6. The molecule has 1 aromatic heterocycles. The maximum atomic E-state index is 14.4. The van der Waals surface area contributed by atoms with Crippen LogP contribution >= 0.6 is 7.82 Å². The smallest absolute Gasteiger partial charge is 0.756 e. The van der Waals surface area contributed by atoms with Gasteiger partial charge in [0.25, 0.3) is 7.82 Å². The molecule has 0 saturated carbocycles. The van der Waals surface area contributed by atoms with Gasteiger partial charge in [-0.3, -0.25) is 53.1 Å². The molecule has 2 saturated heterocycles. The number of nitrogens with one attached hydrogen (secondary N) is 1. The maximum Gasteiger partial charge on any atom is 3.00 e. The minimum Gasteiger partial charge on any atom is -0.756 e. The normalized spacial score (nSPS) is 33.5. The van der Waals surface area contributed by atoms with Gasteiger partial charge in [0.1, 0.15) is 18.3 Å². The summed E-state index contributed by atoms with van der Waals surface area (Å²) in [6.45, 7) is 19.0. The van der Waals surface area contributed by atoms with Crippen LogP contribution in [0.1, 0.15) is 150 Å². The first-order chi connectivity index (χ1) is 41.8. The summed E-state index contributed by atoms with van der Waals surface area (Å²) in [6.07, 6.45) is -4.79. The Hall–Kier alpha value is -6.53. The average Bonchev–Trinajstić information content (AvgIpc) is 1.53. The molecular weight excluding hydrogens is 1260 g/mol. The summed E-state index contributed by atoms with van der Waals surface area (Å²) in [6, 6.07) is 2.65. The van der Waals surface area contributed by atoms with Crippen molar-refractivity contribution in [1.82, 2.24) is 14.9 Å². The number of aliphatic imine (C=N–C) groups is 3. The molecule has 0 radical (unpaired) electrons. The van der Waals surface area contributed by atoms with E-state index in [4.69, 9.17) is 68.5 Å². The SMILES string of the molecule is C/C1=C2/[N-][C@H]([C@H](CC(N)=O)[C@@]2(C)CCC(=O)NC[C@@H](C)OP(=O)([O-])O[C@H]2[C@@H](O)[C@@H](n3cnc4cc(C)c(C)cc43)O[C@@H]2CO)[C@]2(C)N=C(/C(C)=C3N=C(/C=C4N=C1[C@@H](CCC(N)=O)C\4(C)C)[C@@H](CCC(N)=O)[C@]\3(C)CC(N)=O)[C@@H](CCC(N)=O)[C@]2(C)CC(N)=O.[Co+3].[OH3+]. The maximum absolute atomic E-state index is 14.4. The molecule has 7 amide bonds. The number of aliphatic hydroxyl groups is 2. The van der Waals surface area contributed by atoms with Crippen LogP contribution in [0.3, 0.4) is 0 Å². The van der Waals surface area contributed by atoms with Crippen LogP contribution in [0.4, 0.5) is 0 Å². The van der Waals surface area contributed by atoms with Crippen molar-refractivity contribution in [3.8, 4) is 0 Å². The van der Waals surface area contributed by atoms with Crippen LogP contribution in [0.5, 0.6) is 0 Å². The summed E-state index contributed by atoms with van der Waals surface area (Å²) in [5.41, 5.74) is 36.7. The number of hydrogen-bond donors (Lipinski definition) is 9. The molecule has 18 N–H and O–H groups in total. The molecule has 92 heavy (non-hydrogen) atoms. The van der Waals surface area contributed by atoms with E-state index in [0.29, 0.717) is 56.4 Å². The quantitative estimate of drug-likeness (QED) is 0.0482. The Kier molecular flexibility index (Phi) is 22.5. The summed E-state index contributed by atoms with van der Waals surface area (Å²) >= 11 is 0. The van der Waals surface area contributed by atoms with Crippen molar-refractivity contribution in [2.75, 3.05) is 13.2 Å². The second-order valence-corrected chi connectivity index (χ2v) is 28.3. The fourth-order valence-electron chi connectivity index (χ4n) is 15.3. The largest absolute Gasteiger partial charge is 3.00 e. The summed E-state index contributed by atoms with van der Waals surface area (Å²) < 4.78 is 31.9. The number of nitrogens with two attached hydrogens (primary N) is 6. The minimum absolute atomic E-state index is 0. The molecule has 0 spiro atoms. The van der Waals surface area contributed by atoms with Gasteiger partial charge in [0.2, 0.25) is 41.4 Å². The van der Waals surface area contributed by atoms with E-state index in [1.807, 2.05) is 80.5 Å². The van der Waals surface area contributed by atoms with E-state index in [1.165, 1.54) is 17.8 Å². The number of aliphatic hydroxyl groups excluding tert-OH is 2. The van der Waals surface area contributed by atoms with Gasteiger partial charge >= 0.3 is 16.8 Å². The zero-order valence-electron chi connectivity index (χ0n) is 54.1. The van der Waals surface area contributed by atoms with Crippen molar-refractivity contribution in [1.29, 1.82) is 0 Å². The van der Waals surface area contributed by atoms with Crippen LogP contribution < -0.4 is 44.6 Å². The summed E-state index contributed by atoms with van der Waals surface area (Å²) in [7, 11) is -5.32. The number of carbonyl (C=O) groups is 7. The van der Waals surface area contributed by atoms with Crippen LogP contribution in [0, 0.1) is 59.2 Å². The molecule has 7 heterocycles. The first kappa shape index (κ1) is 74.5. The van der Waals surface area contributed by atoms with E-state index in [9.17, 15) is 53.2 Å². The van der Waals surface area contributed by atoms with Crippen molar-refractivity contribution < 1.29 is 89.3 Å². The average molecular weight is 1350 g/mol. The Balaban J connectivity index is 0.00000672. The van der Waals surface area contributed by atoms with E-state index in [-0.39, 0.29) is 99.4 Å². The van der Waals surface area contributed by atoms with E-state index in [2.05, 4.69) is 10.3 Å². The van der Waals surface area contributed by atoms with E-state index in [1.54, 1.807) is 6.92 Å². The molecule has 2 aromatic rings. The van der Waals surface area contributed by atoms with Crippen molar-refractivity contribution in [2.45, 2.75) is 189 Å². The third kappa shape index (κ3) is 14.1. The van der Waals surface area contributed by atoms with Gasteiger partial charge in [0, 0.05) is 108 Å². The Labute approximate surface area is 545 Å². The number of amides is 7. The molecular formula is C62H91CoN13O15P+2. The molecule has 15 atom stereocenters. The van der Waals surface area contributed by atoms with Crippen molar-refractivity contribution in [3.63, 3.8) is 0 Å². The van der Waals surface area contributed by atoms with Crippen molar-refractivity contribution in [2.24, 2.45) is 94.7 Å². The van der Waals surface area contributed by atoms with Gasteiger partial charge in [0.05, 0.1) is 41.3 Å². The first-order valence-electron chi connectivity index (χ1n) is 30.5. The van der Waals surface area contributed by atoms with Crippen LogP contribution in [-0.4, -0.2) is 127 Å². The van der Waals surface area contributed by atoms with Crippen LogP contribution in [0.25, 0.3) is 16.4 Å². The molecule has 2 fully saturated rings. The second kappa shape index (κ2) is 27.8. The van der Waals surface area contributed by atoms with Gasteiger partial charge in [-0.05, 0) is 119 Å². The monoisotopic (exact) mass is 1350 g/mol. The molecule has 6 aliphatic rings. The van der Waals surface area contributed by atoms with Crippen molar-refractivity contribution >= 4 is 77.3 Å². The number of ether oxygens (including phenoxy) is 1. The van der Waals surface area contributed by atoms with Gasteiger partial charge < -0.3 is 84.0 Å². The number of hydrogen-bond acceptors (Lipinski definition) is 18. The Morgan fingerprint density at radius 3 is 1.96 bits per heavy atom. The van der Waals surface area contributed by atoms with Crippen LogP contribution in [0.15, 0.2) is 67.8 Å². The third-order valence-corrected chi connectivity index (χ3v) is 21.6. The number of imidazole rings is 1. The van der Waals surface area contributed by atoms with Crippen molar-refractivity contribution in [3.05, 3.63) is 69.2 Å². The number of benzene rings is 1. The molecule has 28 nitrogen and oxygen atoms in total. The molecule has 30 heteroatoms. The van der Waals surface area contributed by atoms with Gasteiger partial charge in [-0.1, -0.05) is 40.7 Å². The molecule has 0 aliphatic carbocycles. The molecule has 6 aliphatic heterocycles. The number of phosphoric ester groups is 1. The number of carbonyl (C=O) groups excluding carboxylic acids is 7. The first-order valence-corrected chi connectivity index (χ1v) is 32.0. The van der Waals surface area contributed by atoms with E-state index >= 15 is 0 Å². The van der Waals surface area contributed by atoms with Gasteiger partial charge in [-0.25, -0.2) is 4.98 Å². The number of phosphoric acid groups is 1. The fourth-order valence-corrected chi connectivity index (χ4v) is 16.4. The summed E-state index contributed by atoms with van der Waals surface area (Å²) in [5, 5.41) is 30.1. The summed E-state index contributed by atoms with van der Waals surface area (Å²) in [4.78, 5) is 128. The second-order valence-electron chi connectivity index (χ2n) is 27.0. The van der Waals surface area contributed by atoms with Gasteiger partial charge in [0.15, 0.2) is 6.23 Å². The fraction of sp³-hybridized carbons (Fsp3) is 0.629. The zero-order chi connectivity index (χ0) is 66.7. The predicted molar refractivity (Wildman–Crippen MR) is 336 cm³/mol. The standard InChI is InChI=1S/C62H90N13O14P.Co.H2O/c1-29-20-39-40(21-30(29)2)75(28-70-39)57-52(84)53(41(27-76)87-57)89-90(85,86)88-31(3)26-69-49(83)18-19-59(8)37(22-46(66)80)56-62(11)61(10,25-48(68)82)36(14-17-45(65)79)51(74-62)33(5)55-60(9,24-47(67)81)34(12-15-43(63)77)38(71-55)23-42-58(6,7)35(13-16-44(64)78)50(72-42)32(4)54(59)73-56;;/h20-21,23,28,31,34-37,41,52-53,56-57,76,84H,12-19,22,24-27H2,1-11H3,(H15,63,64,65,66,67,68,69,71,72,73,74,77,78,79,80,81,82,83,85,86);;1H2/q;+3;/p-1/t31-,34-,35-,36-,37+,41-,52-,53-,56-,57+,59-,60+,61+,62+;;/m1../s1. The molecule has 8 bridgehead atoms. The predicted octanol–water partition coefficient (Wildman–Crippen LogP) is 2.39.